The Balaban J connectivity index is 1.80. The fourth-order valence-corrected chi connectivity index (χ4v) is 5.02. The summed E-state index contributed by atoms with van der Waals surface area (Å²) in [5.74, 6) is -0.563. The number of amides is 1. The molecule has 1 aliphatic heterocycles. The van der Waals surface area contributed by atoms with E-state index in [4.69, 9.17) is 9.16 Å². The first-order valence-electron chi connectivity index (χ1n) is 10.8. The summed E-state index contributed by atoms with van der Waals surface area (Å²) in [6.07, 6.45) is 0.296. The molecule has 0 bridgehead atoms. The Hall–Kier alpha value is -2.44. The van der Waals surface area contributed by atoms with Gasteiger partial charge in [0.15, 0.2) is 8.32 Å². The molecule has 31 heavy (non-hydrogen) atoms. The minimum atomic E-state index is -2.02. The Morgan fingerprint density at radius 2 is 1.55 bits per heavy atom. The summed E-state index contributed by atoms with van der Waals surface area (Å²) in [6.45, 7) is 11.3. The van der Waals surface area contributed by atoms with Crippen molar-refractivity contribution in [1.82, 2.24) is 4.90 Å². The maximum atomic E-state index is 13.3. The second-order valence-corrected chi connectivity index (χ2v) is 14.4. The van der Waals surface area contributed by atoms with Gasteiger partial charge in [-0.3, -0.25) is 4.79 Å². The lowest BCUT2D eigenvalue weighted by Gasteiger charge is -2.38. The van der Waals surface area contributed by atoms with Crippen molar-refractivity contribution in [1.29, 1.82) is 0 Å². The Labute approximate surface area is 186 Å². The van der Waals surface area contributed by atoms with Gasteiger partial charge < -0.3 is 14.1 Å². The topological polar surface area (TPSA) is 55.8 Å². The smallest absolute Gasteiger partial charge is 0.328 e. The van der Waals surface area contributed by atoms with Gasteiger partial charge in [0.05, 0.1) is 13.2 Å². The van der Waals surface area contributed by atoms with Crippen LogP contribution in [0.1, 0.15) is 37.6 Å². The van der Waals surface area contributed by atoms with Crippen molar-refractivity contribution in [2.75, 3.05) is 13.7 Å². The molecule has 2 aromatic rings. The van der Waals surface area contributed by atoms with Crippen LogP contribution in [-0.2, 0) is 14.0 Å². The minimum Gasteiger partial charge on any atom is -0.467 e. The lowest BCUT2D eigenvalue weighted by Crippen LogP contribution is -2.45. The van der Waals surface area contributed by atoms with Crippen LogP contribution in [0.15, 0.2) is 54.6 Å². The molecule has 1 aliphatic rings. The number of benzene rings is 2. The van der Waals surface area contributed by atoms with Gasteiger partial charge in [0.2, 0.25) is 0 Å². The van der Waals surface area contributed by atoms with E-state index in [9.17, 15) is 9.59 Å². The molecule has 0 aliphatic carbocycles. The fraction of sp³-hybridized carbons (Fsp3) is 0.440. The van der Waals surface area contributed by atoms with Crippen molar-refractivity contribution in [2.45, 2.75) is 57.5 Å². The first kappa shape index (κ1) is 23.2. The van der Waals surface area contributed by atoms with E-state index in [0.717, 1.165) is 11.1 Å². The van der Waals surface area contributed by atoms with Crippen molar-refractivity contribution in [3.05, 3.63) is 60.2 Å². The van der Waals surface area contributed by atoms with Gasteiger partial charge in [0.25, 0.3) is 5.91 Å². The molecule has 0 saturated carbocycles. The van der Waals surface area contributed by atoms with Crippen molar-refractivity contribution < 1.29 is 18.8 Å². The predicted molar refractivity (Wildman–Crippen MR) is 125 cm³/mol. The molecule has 5 nitrogen and oxygen atoms in total. The zero-order valence-electron chi connectivity index (χ0n) is 19.3. The summed E-state index contributed by atoms with van der Waals surface area (Å²) < 4.78 is 11.5. The highest BCUT2D eigenvalue weighted by Crippen LogP contribution is 2.39. The van der Waals surface area contributed by atoms with Crippen molar-refractivity contribution in [3.8, 4) is 11.1 Å². The average Bonchev–Trinajstić information content (AvgIpc) is 3.15. The maximum Gasteiger partial charge on any atom is 0.328 e. The lowest BCUT2D eigenvalue weighted by molar-refractivity contribution is -0.145. The van der Waals surface area contributed by atoms with Gasteiger partial charge in [-0.15, -0.1) is 0 Å². The van der Waals surface area contributed by atoms with Crippen LogP contribution in [0.5, 0.6) is 0 Å². The molecule has 0 spiro atoms. The molecule has 0 aromatic heterocycles. The third-order valence-electron chi connectivity index (χ3n) is 6.50. The molecule has 3 rings (SSSR count). The molecule has 1 amide bonds. The molecule has 2 unspecified atom stereocenters. The van der Waals surface area contributed by atoms with Gasteiger partial charge in [-0.2, -0.15) is 0 Å². The van der Waals surface area contributed by atoms with Gasteiger partial charge in [0.1, 0.15) is 6.04 Å². The number of nitrogens with zero attached hydrogens (tertiary/aromatic N) is 1. The third-order valence-corrected chi connectivity index (χ3v) is 11.0. The van der Waals surface area contributed by atoms with Gasteiger partial charge >= 0.3 is 5.97 Å². The van der Waals surface area contributed by atoms with Crippen LogP contribution in [0, 0.1) is 0 Å². The van der Waals surface area contributed by atoms with E-state index in [1.54, 1.807) is 4.90 Å². The van der Waals surface area contributed by atoms with Crippen molar-refractivity contribution in [3.63, 3.8) is 0 Å². The molecule has 6 heteroatoms. The number of hydrogen-bond acceptors (Lipinski definition) is 4. The number of likely N-dealkylation sites (tertiary alicyclic amines) is 1. The molecular weight excluding hydrogens is 406 g/mol. The summed E-state index contributed by atoms with van der Waals surface area (Å²) in [7, 11) is -0.660. The number of carbonyl (C=O) groups is 2. The Morgan fingerprint density at radius 3 is 2.10 bits per heavy atom. The number of ether oxygens (including phenoxy) is 1. The first-order valence-corrected chi connectivity index (χ1v) is 13.7. The monoisotopic (exact) mass is 439 g/mol. The van der Waals surface area contributed by atoms with Crippen molar-refractivity contribution >= 4 is 20.2 Å². The molecule has 166 valence electrons. The van der Waals surface area contributed by atoms with Gasteiger partial charge in [-0.1, -0.05) is 63.2 Å². The molecule has 0 N–H and O–H groups in total. The summed E-state index contributed by atoms with van der Waals surface area (Å²) in [5, 5.41) is 0.0540. The zero-order chi connectivity index (χ0) is 22.8. The lowest BCUT2D eigenvalue weighted by atomic mass is 10.0. The minimum absolute atomic E-state index is 0.0540. The standard InChI is InChI=1S/C25H33NO4Si/c1-25(2,3)31(5,6)30-21-16-22(24(28)29-4)26(17-21)23(27)20-14-12-19(13-15-20)18-10-8-7-9-11-18/h7-15,21-22H,16-17H2,1-6H3. The van der Waals surface area contributed by atoms with Crippen LogP contribution < -0.4 is 0 Å². The van der Waals surface area contributed by atoms with E-state index in [2.05, 4.69) is 33.9 Å². The fourth-order valence-electron chi connectivity index (χ4n) is 3.66. The molecule has 2 aromatic carbocycles. The second kappa shape index (κ2) is 8.97. The second-order valence-electron chi connectivity index (χ2n) is 9.68. The molecule has 2 atom stereocenters. The summed E-state index contributed by atoms with van der Waals surface area (Å²) >= 11 is 0. The van der Waals surface area contributed by atoms with Gasteiger partial charge in [0, 0.05) is 18.5 Å². The normalized spacial score (nSPS) is 19.4. The maximum absolute atomic E-state index is 13.3. The quantitative estimate of drug-likeness (QED) is 0.479. The van der Waals surface area contributed by atoms with Crippen LogP contribution >= 0.6 is 0 Å². The molecule has 0 radical (unpaired) electrons. The van der Waals surface area contributed by atoms with Gasteiger partial charge in [-0.05, 0) is 41.4 Å². The zero-order valence-corrected chi connectivity index (χ0v) is 20.3. The van der Waals surface area contributed by atoms with Crippen LogP contribution in [0.4, 0.5) is 0 Å². The molecule has 1 fully saturated rings. The Kier molecular flexibility index (Phi) is 6.72. The molecule has 1 heterocycles. The Morgan fingerprint density at radius 1 is 0.968 bits per heavy atom. The summed E-state index contributed by atoms with van der Waals surface area (Å²) in [6, 6.07) is 16.9. The van der Waals surface area contributed by atoms with E-state index >= 15 is 0 Å². The molecular formula is C25H33NO4Si. The van der Waals surface area contributed by atoms with E-state index in [0.29, 0.717) is 18.5 Å². The van der Waals surface area contributed by atoms with Crippen molar-refractivity contribution in [2.24, 2.45) is 0 Å². The van der Waals surface area contributed by atoms with E-state index in [1.807, 2.05) is 54.6 Å². The highest BCUT2D eigenvalue weighted by Gasteiger charge is 2.46. The largest absolute Gasteiger partial charge is 0.467 e. The number of methoxy groups -OCH3 is 1. The predicted octanol–water partition coefficient (Wildman–Crippen LogP) is 5.13. The number of rotatable bonds is 5. The number of hydrogen-bond donors (Lipinski definition) is 0. The third kappa shape index (κ3) is 5.07. The van der Waals surface area contributed by atoms with Crippen LogP contribution in [0.3, 0.4) is 0 Å². The average molecular weight is 440 g/mol. The number of carbonyl (C=O) groups excluding carboxylic acids is 2. The number of esters is 1. The van der Waals surface area contributed by atoms with Crippen LogP contribution in [0.25, 0.3) is 11.1 Å². The van der Waals surface area contributed by atoms with E-state index < -0.39 is 20.3 Å². The van der Waals surface area contributed by atoms with Gasteiger partial charge in [-0.25, -0.2) is 4.79 Å². The molecule has 1 saturated heterocycles. The van der Waals surface area contributed by atoms with Crippen LogP contribution in [-0.4, -0.2) is 50.9 Å². The van der Waals surface area contributed by atoms with E-state index in [-0.39, 0.29) is 17.0 Å². The summed E-state index contributed by atoms with van der Waals surface area (Å²) in [5.41, 5.74) is 2.70. The first-order chi connectivity index (χ1) is 14.5. The van der Waals surface area contributed by atoms with Crippen LogP contribution in [0.2, 0.25) is 18.1 Å². The SMILES string of the molecule is COC(=O)C1CC(O[Si](C)(C)C(C)(C)C)CN1C(=O)c1ccc(-c2ccccc2)cc1. The summed E-state index contributed by atoms with van der Waals surface area (Å²) in [4.78, 5) is 27.4. The van der Waals surface area contributed by atoms with E-state index in [1.165, 1.54) is 7.11 Å². The highest BCUT2D eigenvalue weighted by molar-refractivity contribution is 6.74. The highest BCUT2D eigenvalue weighted by atomic mass is 28.4. The Bertz CT molecular complexity index is 919.